The summed E-state index contributed by atoms with van der Waals surface area (Å²) in [6.45, 7) is 0.739. The Kier molecular flexibility index (Phi) is 5.05. The van der Waals surface area contributed by atoms with Gasteiger partial charge in [-0.3, -0.25) is 14.9 Å². The summed E-state index contributed by atoms with van der Waals surface area (Å²) in [6.07, 6.45) is 0. The van der Waals surface area contributed by atoms with Crippen molar-refractivity contribution in [3.63, 3.8) is 0 Å². The molecule has 0 radical (unpaired) electrons. The molecule has 0 spiro atoms. The Hall–Kier alpha value is -1.47. The number of carbonyl (C=O) groups excluding carboxylic acids is 1. The summed E-state index contributed by atoms with van der Waals surface area (Å²) in [4.78, 5) is 21.8. The molecule has 0 aromatic heterocycles. The molecule has 0 aliphatic heterocycles. The average molecular weight is 303 g/mol. The quantitative estimate of drug-likeness (QED) is 0.510. The van der Waals surface area contributed by atoms with E-state index in [0.717, 1.165) is 0 Å². The van der Waals surface area contributed by atoms with Gasteiger partial charge in [-0.15, -0.1) is 0 Å². The number of benzene rings is 1. The van der Waals surface area contributed by atoms with Crippen LogP contribution in [-0.2, 0) is 4.74 Å². The van der Waals surface area contributed by atoms with Crippen LogP contribution in [0.3, 0.4) is 0 Å². The zero-order chi connectivity index (χ0) is 12.8. The van der Waals surface area contributed by atoms with Crippen LogP contribution < -0.4 is 5.32 Å². The monoisotopic (exact) mass is 302 g/mol. The molecule has 92 valence electrons. The number of carbonyl (C=O) groups is 1. The smallest absolute Gasteiger partial charge is 0.284 e. The molecular formula is C10H11BrN2O4. The lowest BCUT2D eigenvalue weighted by Crippen LogP contribution is -2.27. The standard InChI is InChI=1S/C10H11BrN2O4/c1-17-6-5-12-10(14)7-3-2-4-8(9(7)11)13(15)16/h2-4H,5-6H2,1H3,(H,12,14). The van der Waals surface area contributed by atoms with Gasteiger partial charge in [0.1, 0.15) is 4.47 Å². The molecule has 0 bridgehead atoms. The van der Waals surface area contributed by atoms with Gasteiger partial charge in [0.05, 0.1) is 17.1 Å². The molecule has 0 atom stereocenters. The summed E-state index contributed by atoms with van der Waals surface area (Å²) in [7, 11) is 1.52. The molecule has 0 heterocycles. The van der Waals surface area contributed by atoms with E-state index in [1.807, 2.05) is 0 Å². The van der Waals surface area contributed by atoms with Crippen molar-refractivity contribution in [1.29, 1.82) is 0 Å². The minimum absolute atomic E-state index is 0.135. The predicted molar refractivity (Wildman–Crippen MR) is 65.0 cm³/mol. The van der Waals surface area contributed by atoms with Crippen molar-refractivity contribution in [3.8, 4) is 0 Å². The van der Waals surface area contributed by atoms with Crippen LogP contribution in [-0.4, -0.2) is 31.1 Å². The van der Waals surface area contributed by atoms with E-state index in [4.69, 9.17) is 4.74 Å². The summed E-state index contributed by atoms with van der Waals surface area (Å²) in [5, 5.41) is 13.3. The molecule has 6 nitrogen and oxygen atoms in total. The van der Waals surface area contributed by atoms with Crippen molar-refractivity contribution in [2.45, 2.75) is 0 Å². The van der Waals surface area contributed by atoms with Crippen LogP contribution in [0.25, 0.3) is 0 Å². The Morgan fingerprint density at radius 3 is 2.88 bits per heavy atom. The second-order valence-corrected chi connectivity index (χ2v) is 3.94. The number of hydrogen-bond donors (Lipinski definition) is 1. The summed E-state index contributed by atoms with van der Waals surface area (Å²) in [5.41, 5.74) is 0.0969. The van der Waals surface area contributed by atoms with Crippen LogP contribution in [0.2, 0.25) is 0 Å². The number of nitro groups is 1. The minimum Gasteiger partial charge on any atom is -0.383 e. The number of ether oxygens (including phenoxy) is 1. The Bertz CT molecular complexity index is 436. The second-order valence-electron chi connectivity index (χ2n) is 3.14. The number of amides is 1. The molecule has 17 heavy (non-hydrogen) atoms. The number of nitrogens with zero attached hydrogens (tertiary/aromatic N) is 1. The highest BCUT2D eigenvalue weighted by molar-refractivity contribution is 9.10. The van der Waals surface area contributed by atoms with Gasteiger partial charge in [0.2, 0.25) is 0 Å². The third-order valence-electron chi connectivity index (χ3n) is 2.01. The molecule has 0 aliphatic rings. The van der Waals surface area contributed by atoms with Gasteiger partial charge in [-0.2, -0.15) is 0 Å². The fraction of sp³-hybridized carbons (Fsp3) is 0.300. The molecule has 0 unspecified atom stereocenters. The zero-order valence-electron chi connectivity index (χ0n) is 9.10. The van der Waals surface area contributed by atoms with Crippen molar-refractivity contribution in [1.82, 2.24) is 5.32 Å². The molecule has 1 aromatic rings. The molecule has 1 rings (SSSR count). The Labute approximate surface area is 106 Å². The van der Waals surface area contributed by atoms with Crippen molar-refractivity contribution in [2.24, 2.45) is 0 Å². The third kappa shape index (κ3) is 3.50. The highest BCUT2D eigenvalue weighted by Crippen LogP contribution is 2.27. The molecular weight excluding hydrogens is 292 g/mol. The first-order valence-electron chi connectivity index (χ1n) is 4.78. The maximum atomic E-state index is 11.7. The summed E-state index contributed by atoms with van der Waals surface area (Å²) >= 11 is 3.06. The van der Waals surface area contributed by atoms with E-state index in [1.54, 1.807) is 0 Å². The maximum absolute atomic E-state index is 11.7. The van der Waals surface area contributed by atoms with Crippen molar-refractivity contribution in [2.75, 3.05) is 20.3 Å². The van der Waals surface area contributed by atoms with Gasteiger partial charge >= 0.3 is 0 Å². The summed E-state index contributed by atoms with van der Waals surface area (Å²) in [5.74, 6) is -0.377. The van der Waals surface area contributed by atoms with E-state index < -0.39 is 4.92 Å². The first-order valence-corrected chi connectivity index (χ1v) is 5.57. The first-order chi connectivity index (χ1) is 8.07. The molecule has 1 aromatic carbocycles. The Morgan fingerprint density at radius 1 is 1.59 bits per heavy atom. The molecule has 0 saturated carbocycles. The Balaban J connectivity index is 2.87. The fourth-order valence-electron chi connectivity index (χ4n) is 1.20. The number of methoxy groups -OCH3 is 1. The SMILES string of the molecule is COCCNC(=O)c1cccc([N+](=O)[O-])c1Br. The normalized spacial score (nSPS) is 10.0. The minimum atomic E-state index is -0.546. The van der Waals surface area contributed by atoms with Gasteiger partial charge < -0.3 is 10.1 Å². The van der Waals surface area contributed by atoms with Crippen molar-refractivity contribution < 1.29 is 14.5 Å². The van der Waals surface area contributed by atoms with E-state index in [2.05, 4.69) is 21.2 Å². The topological polar surface area (TPSA) is 81.5 Å². The molecule has 0 saturated heterocycles. The van der Waals surface area contributed by atoms with Crippen molar-refractivity contribution >= 4 is 27.5 Å². The van der Waals surface area contributed by atoms with E-state index in [1.165, 1.54) is 25.3 Å². The lowest BCUT2D eigenvalue weighted by molar-refractivity contribution is -0.385. The predicted octanol–water partition coefficient (Wildman–Crippen LogP) is 1.73. The average Bonchev–Trinajstić information content (AvgIpc) is 2.29. The van der Waals surface area contributed by atoms with Gasteiger partial charge in [-0.05, 0) is 22.0 Å². The van der Waals surface area contributed by atoms with Gasteiger partial charge in [-0.1, -0.05) is 6.07 Å². The van der Waals surface area contributed by atoms with Crippen molar-refractivity contribution in [3.05, 3.63) is 38.3 Å². The number of nitro benzene ring substituents is 1. The van der Waals surface area contributed by atoms with E-state index >= 15 is 0 Å². The van der Waals surface area contributed by atoms with Crippen LogP contribution >= 0.6 is 15.9 Å². The number of halogens is 1. The highest BCUT2D eigenvalue weighted by atomic mass is 79.9. The van der Waals surface area contributed by atoms with Crippen LogP contribution in [0.1, 0.15) is 10.4 Å². The molecule has 0 aliphatic carbocycles. The molecule has 7 heteroatoms. The summed E-state index contributed by atoms with van der Waals surface area (Å²) in [6, 6.07) is 4.31. The lowest BCUT2D eigenvalue weighted by Gasteiger charge is -2.06. The number of hydrogen-bond acceptors (Lipinski definition) is 4. The van der Waals surface area contributed by atoms with E-state index in [0.29, 0.717) is 13.2 Å². The van der Waals surface area contributed by atoms with E-state index in [-0.39, 0.29) is 21.6 Å². The van der Waals surface area contributed by atoms with Gasteiger partial charge in [0.25, 0.3) is 11.6 Å². The molecule has 0 fully saturated rings. The van der Waals surface area contributed by atoms with Gasteiger partial charge in [0.15, 0.2) is 0 Å². The highest BCUT2D eigenvalue weighted by Gasteiger charge is 2.18. The van der Waals surface area contributed by atoms with Crippen LogP contribution in [0.4, 0.5) is 5.69 Å². The van der Waals surface area contributed by atoms with Crippen LogP contribution in [0.5, 0.6) is 0 Å². The van der Waals surface area contributed by atoms with Gasteiger partial charge in [0, 0.05) is 19.7 Å². The Morgan fingerprint density at radius 2 is 2.29 bits per heavy atom. The third-order valence-corrected chi connectivity index (χ3v) is 2.84. The summed E-state index contributed by atoms with van der Waals surface area (Å²) < 4.78 is 4.97. The number of rotatable bonds is 5. The fourth-order valence-corrected chi connectivity index (χ4v) is 1.79. The van der Waals surface area contributed by atoms with Crippen LogP contribution in [0, 0.1) is 10.1 Å². The molecule has 1 amide bonds. The van der Waals surface area contributed by atoms with E-state index in [9.17, 15) is 14.9 Å². The zero-order valence-corrected chi connectivity index (χ0v) is 10.7. The van der Waals surface area contributed by atoms with Gasteiger partial charge in [-0.25, -0.2) is 0 Å². The lowest BCUT2D eigenvalue weighted by atomic mass is 10.2. The maximum Gasteiger partial charge on any atom is 0.284 e. The van der Waals surface area contributed by atoms with Crippen LogP contribution in [0.15, 0.2) is 22.7 Å². The largest absolute Gasteiger partial charge is 0.383 e. The molecule has 1 N–H and O–H groups in total. The first kappa shape index (κ1) is 13.6. The second kappa shape index (κ2) is 6.31. The number of nitrogens with one attached hydrogen (secondary N) is 1.